The van der Waals surface area contributed by atoms with Gasteiger partial charge in [-0.15, -0.1) is 0 Å². The van der Waals surface area contributed by atoms with E-state index in [0.29, 0.717) is 34.2 Å². The molecule has 0 saturated heterocycles. The lowest BCUT2D eigenvalue weighted by Crippen LogP contribution is -2.58. The van der Waals surface area contributed by atoms with Crippen LogP contribution < -0.4 is 11.1 Å². The van der Waals surface area contributed by atoms with Crippen molar-refractivity contribution < 1.29 is 9.18 Å². The predicted molar refractivity (Wildman–Crippen MR) is 142 cm³/mol. The van der Waals surface area contributed by atoms with Crippen molar-refractivity contribution in [2.45, 2.75) is 64.2 Å². The molecule has 0 radical (unpaired) electrons. The van der Waals surface area contributed by atoms with E-state index in [1.807, 2.05) is 23.7 Å². The second kappa shape index (κ2) is 8.83. The molecule has 3 N–H and O–H groups in total. The molecule has 9 heteroatoms. The zero-order valence-corrected chi connectivity index (χ0v) is 21.1. The van der Waals surface area contributed by atoms with Crippen LogP contribution in [0.3, 0.4) is 0 Å². The predicted octanol–water partition coefficient (Wildman–Crippen LogP) is 5.35. The van der Waals surface area contributed by atoms with Gasteiger partial charge in [-0.25, -0.2) is 19.0 Å². The van der Waals surface area contributed by atoms with Gasteiger partial charge >= 0.3 is 0 Å². The molecule has 0 spiro atoms. The first-order chi connectivity index (χ1) is 17.8. The monoisotopic (exact) mass is 499 g/mol. The second-order valence-corrected chi connectivity index (χ2v) is 10.3. The van der Waals surface area contributed by atoms with Gasteiger partial charge in [0.1, 0.15) is 29.8 Å². The van der Waals surface area contributed by atoms with Gasteiger partial charge in [0.2, 0.25) is 0 Å². The van der Waals surface area contributed by atoms with E-state index in [1.54, 1.807) is 17.0 Å². The number of carbonyl (C=O) groups is 1. The van der Waals surface area contributed by atoms with Crippen molar-refractivity contribution in [2.75, 3.05) is 11.1 Å². The molecule has 2 aromatic carbocycles. The van der Waals surface area contributed by atoms with Gasteiger partial charge in [0.25, 0.3) is 5.91 Å². The Balaban J connectivity index is 1.47. The Bertz CT molecular complexity index is 1490. The standard InChI is InChI=1S/C28H30FN7O/c1-15(2)17-10-12-18(13-11-17)24-23-25(30)31-14-32-27(23)36(34-24)16(3)26-33-21-9-5-8-20(29)22(21)28(37)35(26)19-6-4-7-19/h5,8-16,19,26,33H,4,6-7H2,1-3H3,(H2,30,31,32). The van der Waals surface area contributed by atoms with Crippen LogP contribution in [0.4, 0.5) is 15.9 Å². The largest absolute Gasteiger partial charge is 0.383 e. The topological polar surface area (TPSA) is 102 Å². The minimum absolute atomic E-state index is 0.0461. The van der Waals surface area contributed by atoms with Crippen LogP contribution in [0.15, 0.2) is 48.8 Å². The molecule has 8 nitrogen and oxygen atoms in total. The van der Waals surface area contributed by atoms with Crippen LogP contribution in [0.25, 0.3) is 22.3 Å². The number of amides is 1. The third-order valence-corrected chi connectivity index (χ3v) is 7.74. The lowest BCUT2D eigenvalue weighted by Gasteiger charge is -2.47. The summed E-state index contributed by atoms with van der Waals surface area (Å²) in [6.45, 7) is 6.31. The van der Waals surface area contributed by atoms with Crippen molar-refractivity contribution >= 4 is 28.4 Å². The maximum atomic E-state index is 14.7. The molecule has 1 aliphatic carbocycles. The fourth-order valence-corrected chi connectivity index (χ4v) is 5.40. The van der Waals surface area contributed by atoms with Crippen LogP contribution in [-0.2, 0) is 0 Å². The number of fused-ring (bicyclic) bond motifs is 2. The smallest absolute Gasteiger partial charge is 0.260 e. The van der Waals surface area contributed by atoms with Gasteiger partial charge in [-0.2, -0.15) is 5.10 Å². The maximum absolute atomic E-state index is 14.7. The fourth-order valence-electron chi connectivity index (χ4n) is 5.40. The summed E-state index contributed by atoms with van der Waals surface area (Å²) in [7, 11) is 0. The molecule has 1 aliphatic heterocycles. The Morgan fingerprint density at radius 3 is 2.51 bits per heavy atom. The third-order valence-electron chi connectivity index (χ3n) is 7.74. The number of nitrogens with two attached hydrogens (primary N) is 1. The van der Waals surface area contributed by atoms with E-state index < -0.39 is 12.0 Å². The van der Waals surface area contributed by atoms with Crippen LogP contribution >= 0.6 is 0 Å². The van der Waals surface area contributed by atoms with Gasteiger partial charge in [-0.05, 0) is 49.8 Å². The quantitative estimate of drug-likeness (QED) is 0.384. The van der Waals surface area contributed by atoms with Crippen LogP contribution in [0.1, 0.15) is 67.9 Å². The van der Waals surface area contributed by atoms with Gasteiger partial charge in [0.15, 0.2) is 5.65 Å². The molecule has 1 amide bonds. The Labute approximate surface area is 214 Å². The number of hydrogen-bond donors (Lipinski definition) is 2. The number of nitrogens with zero attached hydrogens (tertiary/aromatic N) is 5. The number of nitrogen functional groups attached to an aromatic ring is 1. The average molecular weight is 500 g/mol. The number of anilines is 2. The highest BCUT2D eigenvalue weighted by Gasteiger charge is 2.43. The molecular weight excluding hydrogens is 469 g/mol. The SMILES string of the molecule is CC(C)c1ccc(-c2nn(C(C)C3Nc4cccc(F)c4C(=O)N3C3CCC3)c3ncnc(N)c23)cc1. The highest BCUT2D eigenvalue weighted by Crippen LogP contribution is 2.39. The molecule has 2 aliphatic rings. The lowest BCUT2D eigenvalue weighted by atomic mass is 9.88. The number of halogens is 1. The summed E-state index contributed by atoms with van der Waals surface area (Å²) in [5, 5.41) is 9.11. The molecule has 4 aromatic rings. The highest BCUT2D eigenvalue weighted by molar-refractivity contribution is 6.02. The van der Waals surface area contributed by atoms with Crippen molar-refractivity contribution in [2.24, 2.45) is 0 Å². The minimum Gasteiger partial charge on any atom is -0.383 e. The zero-order valence-electron chi connectivity index (χ0n) is 21.1. The van der Waals surface area contributed by atoms with E-state index in [4.69, 9.17) is 10.8 Å². The highest BCUT2D eigenvalue weighted by atomic mass is 19.1. The van der Waals surface area contributed by atoms with E-state index in [-0.39, 0.29) is 23.6 Å². The molecule has 6 rings (SSSR count). The Hall–Kier alpha value is -4.01. The Morgan fingerprint density at radius 2 is 1.84 bits per heavy atom. The number of hydrogen-bond acceptors (Lipinski definition) is 6. The average Bonchev–Trinajstić information content (AvgIpc) is 3.25. The fraction of sp³-hybridized carbons (Fsp3) is 0.357. The van der Waals surface area contributed by atoms with E-state index in [2.05, 4.69) is 41.3 Å². The van der Waals surface area contributed by atoms with Gasteiger partial charge in [0.05, 0.1) is 22.7 Å². The van der Waals surface area contributed by atoms with Crippen LogP contribution in [0.5, 0.6) is 0 Å². The number of carbonyl (C=O) groups excluding carboxylic acids is 1. The number of rotatable bonds is 5. The van der Waals surface area contributed by atoms with E-state index in [9.17, 15) is 9.18 Å². The molecule has 3 heterocycles. The molecule has 37 heavy (non-hydrogen) atoms. The summed E-state index contributed by atoms with van der Waals surface area (Å²) in [6, 6.07) is 12.7. The molecular formula is C28H30FN7O. The molecule has 2 aromatic heterocycles. The minimum atomic E-state index is -0.511. The Kier molecular flexibility index (Phi) is 5.58. The summed E-state index contributed by atoms with van der Waals surface area (Å²) in [5.74, 6) is -0.0367. The van der Waals surface area contributed by atoms with Crippen molar-refractivity contribution in [3.05, 3.63) is 65.7 Å². The van der Waals surface area contributed by atoms with Gasteiger partial charge < -0.3 is 16.0 Å². The van der Waals surface area contributed by atoms with Crippen molar-refractivity contribution in [1.29, 1.82) is 0 Å². The van der Waals surface area contributed by atoms with Crippen molar-refractivity contribution in [3.63, 3.8) is 0 Å². The maximum Gasteiger partial charge on any atom is 0.260 e. The van der Waals surface area contributed by atoms with E-state index in [0.717, 1.165) is 24.8 Å². The van der Waals surface area contributed by atoms with Gasteiger partial charge in [-0.1, -0.05) is 44.2 Å². The summed E-state index contributed by atoms with van der Waals surface area (Å²) in [4.78, 5) is 24.2. The first kappa shape index (κ1) is 23.4. The Morgan fingerprint density at radius 1 is 1.08 bits per heavy atom. The van der Waals surface area contributed by atoms with Crippen LogP contribution in [0, 0.1) is 5.82 Å². The molecule has 190 valence electrons. The second-order valence-electron chi connectivity index (χ2n) is 10.3. The van der Waals surface area contributed by atoms with Gasteiger partial charge in [-0.3, -0.25) is 4.79 Å². The first-order valence-corrected chi connectivity index (χ1v) is 12.8. The third kappa shape index (κ3) is 3.72. The van der Waals surface area contributed by atoms with E-state index in [1.165, 1.54) is 18.0 Å². The molecule has 0 bridgehead atoms. The number of aromatic nitrogens is 4. The molecule has 1 saturated carbocycles. The summed E-state index contributed by atoms with van der Waals surface area (Å²) in [5.41, 5.74) is 10.4. The van der Waals surface area contributed by atoms with Crippen molar-refractivity contribution in [1.82, 2.24) is 24.6 Å². The molecule has 2 unspecified atom stereocenters. The zero-order chi connectivity index (χ0) is 25.8. The summed E-state index contributed by atoms with van der Waals surface area (Å²) >= 11 is 0. The molecule has 2 atom stereocenters. The number of benzene rings is 2. The normalized spacial score (nSPS) is 18.6. The van der Waals surface area contributed by atoms with Gasteiger partial charge in [0, 0.05) is 11.6 Å². The molecule has 1 fully saturated rings. The van der Waals surface area contributed by atoms with Crippen LogP contribution in [-0.4, -0.2) is 42.8 Å². The number of nitrogens with one attached hydrogen (secondary N) is 1. The van der Waals surface area contributed by atoms with E-state index >= 15 is 0 Å². The summed E-state index contributed by atoms with van der Waals surface area (Å²) in [6.07, 6.45) is 3.82. The summed E-state index contributed by atoms with van der Waals surface area (Å²) < 4.78 is 16.5. The van der Waals surface area contributed by atoms with Crippen LogP contribution in [0.2, 0.25) is 0 Å². The lowest BCUT2D eigenvalue weighted by molar-refractivity contribution is 0.0369. The van der Waals surface area contributed by atoms with Crippen molar-refractivity contribution in [3.8, 4) is 11.3 Å². The first-order valence-electron chi connectivity index (χ1n) is 12.8.